The smallest absolute Gasteiger partial charge is 0.295 e. The third kappa shape index (κ3) is 3.75. The van der Waals surface area contributed by atoms with Crippen LogP contribution in [0.25, 0.3) is 21.5 Å². The van der Waals surface area contributed by atoms with Crippen molar-refractivity contribution in [3.63, 3.8) is 0 Å². The minimum Gasteiger partial charge on any atom is -0.399 e. The minimum absolute atomic E-state index is 0.0536. The number of nitrogens with two attached hydrogens (primary N) is 1. The molecule has 0 amide bonds. The van der Waals surface area contributed by atoms with Crippen molar-refractivity contribution in [2.24, 2.45) is 0 Å². The molecule has 0 saturated heterocycles. The number of fused-ring (bicyclic) bond motifs is 2. The summed E-state index contributed by atoms with van der Waals surface area (Å²) in [7, 11) is -8.38. The highest BCUT2D eigenvalue weighted by Crippen LogP contribution is 2.28. The largest absolute Gasteiger partial charge is 0.399 e. The van der Waals surface area contributed by atoms with Crippen molar-refractivity contribution in [2.75, 3.05) is 10.5 Å². The van der Waals surface area contributed by atoms with E-state index >= 15 is 0 Å². The molecule has 29 heavy (non-hydrogen) atoms. The van der Waals surface area contributed by atoms with E-state index in [4.69, 9.17) is 5.73 Å². The molecule has 7 nitrogen and oxygen atoms in total. The van der Waals surface area contributed by atoms with E-state index in [0.29, 0.717) is 16.5 Å². The normalized spacial score (nSPS) is 12.3. The molecule has 0 fully saturated rings. The van der Waals surface area contributed by atoms with Crippen LogP contribution in [0.3, 0.4) is 0 Å². The average Bonchev–Trinajstić information content (AvgIpc) is 2.66. The van der Waals surface area contributed by atoms with Crippen LogP contribution in [0.4, 0.5) is 11.4 Å². The zero-order valence-corrected chi connectivity index (χ0v) is 16.5. The van der Waals surface area contributed by atoms with Gasteiger partial charge in [-0.25, -0.2) is 8.42 Å². The third-order valence-corrected chi connectivity index (χ3v) is 6.81. The van der Waals surface area contributed by atoms with Crippen molar-refractivity contribution in [2.45, 2.75) is 9.79 Å². The van der Waals surface area contributed by atoms with Gasteiger partial charge in [-0.15, -0.1) is 0 Å². The molecule has 148 valence electrons. The zero-order valence-electron chi connectivity index (χ0n) is 14.9. The summed E-state index contributed by atoms with van der Waals surface area (Å²) < 4.78 is 60.8. The molecular weight excluding hydrogens is 412 g/mol. The van der Waals surface area contributed by atoms with E-state index in [1.165, 1.54) is 36.4 Å². The van der Waals surface area contributed by atoms with E-state index in [1.807, 2.05) is 0 Å². The maximum Gasteiger partial charge on any atom is 0.295 e. The van der Waals surface area contributed by atoms with E-state index in [0.717, 1.165) is 5.39 Å². The molecule has 4 N–H and O–H groups in total. The van der Waals surface area contributed by atoms with E-state index in [2.05, 4.69) is 4.72 Å². The summed E-state index contributed by atoms with van der Waals surface area (Å²) in [6, 6.07) is 18.7. The maximum absolute atomic E-state index is 12.8. The lowest BCUT2D eigenvalue weighted by molar-refractivity contribution is 0.484. The van der Waals surface area contributed by atoms with Crippen LogP contribution >= 0.6 is 0 Å². The molecule has 0 heterocycles. The summed E-state index contributed by atoms with van der Waals surface area (Å²) in [5.41, 5.74) is 6.50. The van der Waals surface area contributed by atoms with Crippen molar-refractivity contribution < 1.29 is 21.4 Å². The fourth-order valence-electron chi connectivity index (χ4n) is 3.16. The predicted molar refractivity (Wildman–Crippen MR) is 113 cm³/mol. The number of sulfonamides is 1. The van der Waals surface area contributed by atoms with Crippen LogP contribution in [0.15, 0.2) is 82.6 Å². The Bertz CT molecular complexity index is 1480. The number of benzene rings is 4. The van der Waals surface area contributed by atoms with Crippen LogP contribution in [0.1, 0.15) is 0 Å². The average molecular weight is 428 g/mol. The van der Waals surface area contributed by atoms with Gasteiger partial charge in [-0.3, -0.25) is 9.27 Å². The molecule has 4 aromatic rings. The van der Waals surface area contributed by atoms with Crippen LogP contribution in [-0.4, -0.2) is 21.4 Å². The lowest BCUT2D eigenvalue weighted by Crippen LogP contribution is -2.13. The summed E-state index contributed by atoms with van der Waals surface area (Å²) in [6.45, 7) is 0. The first-order valence-electron chi connectivity index (χ1n) is 8.46. The van der Waals surface area contributed by atoms with Crippen LogP contribution in [0, 0.1) is 0 Å². The molecule has 0 atom stereocenters. The number of hydrogen-bond acceptors (Lipinski definition) is 5. The number of anilines is 2. The Hall–Kier alpha value is -3.14. The van der Waals surface area contributed by atoms with Gasteiger partial charge in [-0.2, -0.15) is 8.42 Å². The van der Waals surface area contributed by atoms with Crippen molar-refractivity contribution in [3.05, 3.63) is 72.8 Å². The Balaban J connectivity index is 1.76. The molecule has 4 rings (SSSR count). The number of nitrogens with one attached hydrogen (secondary N) is 1. The number of hydrogen-bond donors (Lipinski definition) is 3. The van der Waals surface area contributed by atoms with Gasteiger partial charge >= 0.3 is 0 Å². The van der Waals surface area contributed by atoms with Gasteiger partial charge in [0.25, 0.3) is 20.1 Å². The second-order valence-corrected chi connectivity index (χ2v) is 9.61. The van der Waals surface area contributed by atoms with Gasteiger partial charge in [-0.1, -0.05) is 30.3 Å². The van der Waals surface area contributed by atoms with Crippen LogP contribution in [0.5, 0.6) is 0 Å². The van der Waals surface area contributed by atoms with Gasteiger partial charge in [0.05, 0.1) is 4.90 Å². The highest BCUT2D eigenvalue weighted by atomic mass is 32.2. The summed E-state index contributed by atoms with van der Waals surface area (Å²) >= 11 is 0. The molecule has 0 aliphatic heterocycles. The monoisotopic (exact) mass is 428 g/mol. The molecule has 0 unspecified atom stereocenters. The van der Waals surface area contributed by atoms with Gasteiger partial charge in [0.2, 0.25) is 0 Å². The zero-order chi connectivity index (χ0) is 20.8. The minimum atomic E-state index is -4.46. The van der Waals surface area contributed by atoms with Gasteiger partial charge in [0, 0.05) is 16.8 Å². The number of nitrogen functional groups attached to an aromatic ring is 1. The predicted octanol–water partition coefficient (Wildman–Crippen LogP) is 3.62. The Morgan fingerprint density at radius 3 is 2.21 bits per heavy atom. The van der Waals surface area contributed by atoms with Crippen molar-refractivity contribution >= 4 is 53.1 Å². The second kappa shape index (κ2) is 6.73. The molecule has 0 bridgehead atoms. The van der Waals surface area contributed by atoms with E-state index in [-0.39, 0.29) is 20.9 Å². The maximum atomic E-state index is 12.8. The molecule has 4 aromatic carbocycles. The van der Waals surface area contributed by atoms with E-state index in [9.17, 15) is 21.4 Å². The first-order valence-corrected chi connectivity index (χ1v) is 11.4. The molecular formula is C20H16N2O5S2. The standard InChI is InChI=1S/C20H16N2O5S2/c21-16-7-4-15-11-18(9-6-14(15)10-16)28(23,24)22-17-8-5-13-2-1-3-20(19(13)12-17)29(25,26)27/h1-12,22H,21H2,(H,25,26,27). The highest BCUT2D eigenvalue weighted by molar-refractivity contribution is 7.92. The second-order valence-electron chi connectivity index (χ2n) is 6.54. The molecule has 0 aliphatic rings. The summed E-state index contributed by atoms with van der Waals surface area (Å²) in [5.74, 6) is 0. The molecule has 0 spiro atoms. The summed E-state index contributed by atoms with van der Waals surface area (Å²) in [5, 5.41) is 2.29. The molecule has 0 aromatic heterocycles. The van der Waals surface area contributed by atoms with Gasteiger partial charge < -0.3 is 5.73 Å². The Morgan fingerprint density at radius 1 is 0.759 bits per heavy atom. The third-order valence-electron chi connectivity index (χ3n) is 4.52. The van der Waals surface area contributed by atoms with Gasteiger partial charge in [-0.05, 0) is 58.6 Å². The SMILES string of the molecule is Nc1ccc2cc(S(=O)(=O)Nc3ccc4cccc(S(=O)(=O)O)c4c3)ccc2c1. The first-order chi connectivity index (χ1) is 13.6. The Kier molecular flexibility index (Phi) is 4.45. The van der Waals surface area contributed by atoms with Crippen molar-refractivity contribution in [1.82, 2.24) is 0 Å². The van der Waals surface area contributed by atoms with Gasteiger partial charge in [0.1, 0.15) is 4.90 Å². The van der Waals surface area contributed by atoms with Crippen LogP contribution in [-0.2, 0) is 20.1 Å². The first kappa shape index (κ1) is 19.2. The van der Waals surface area contributed by atoms with E-state index < -0.39 is 20.1 Å². The van der Waals surface area contributed by atoms with Crippen LogP contribution in [0.2, 0.25) is 0 Å². The fourth-order valence-corrected chi connectivity index (χ4v) is 4.95. The topological polar surface area (TPSA) is 127 Å². The summed E-state index contributed by atoms with van der Waals surface area (Å²) in [6.07, 6.45) is 0. The van der Waals surface area contributed by atoms with Gasteiger partial charge in [0.15, 0.2) is 0 Å². The molecule has 0 aliphatic carbocycles. The fraction of sp³-hybridized carbons (Fsp3) is 0. The van der Waals surface area contributed by atoms with Crippen molar-refractivity contribution in [3.8, 4) is 0 Å². The lowest BCUT2D eigenvalue weighted by Gasteiger charge is -2.11. The Morgan fingerprint density at radius 2 is 1.45 bits per heavy atom. The number of rotatable bonds is 4. The Labute approximate surface area is 167 Å². The molecule has 0 saturated carbocycles. The highest BCUT2D eigenvalue weighted by Gasteiger charge is 2.17. The lowest BCUT2D eigenvalue weighted by atomic mass is 10.1. The molecule has 9 heteroatoms. The summed E-state index contributed by atoms with van der Waals surface area (Å²) in [4.78, 5) is -0.239. The quantitative estimate of drug-likeness (QED) is 0.337. The van der Waals surface area contributed by atoms with Crippen LogP contribution < -0.4 is 10.5 Å². The molecule has 0 radical (unpaired) electrons. The van der Waals surface area contributed by atoms with Crippen molar-refractivity contribution in [1.29, 1.82) is 0 Å². The van der Waals surface area contributed by atoms with E-state index in [1.54, 1.807) is 36.4 Å².